The van der Waals surface area contributed by atoms with Gasteiger partial charge in [0.15, 0.2) is 0 Å². The number of ether oxygens (including phenoxy) is 1. The van der Waals surface area contributed by atoms with Gasteiger partial charge < -0.3 is 14.7 Å². The summed E-state index contributed by atoms with van der Waals surface area (Å²) in [6.07, 6.45) is 2.71. The van der Waals surface area contributed by atoms with Gasteiger partial charge in [0, 0.05) is 36.7 Å². The molecule has 1 spiro atoms. The van der Waals surface area contributed by atoms with Crippen LogP contribution < -0.4 is 0 Å². The van der Waals surface area contributed by atoms with E-state index < -0.39 is 0 Å². The number of likely N-dealkylation sites (tertiary alicyclic amines) is 1. The third-order valence-corrected chi connectivity index (χ3v) is 5.71. The lowest BCUT2D eigenvalue weighted by Crippen LogP contribution is -2.51. The van der Waals surface area contributed by atoms with Gasteiger partial charge in [-0.2, -0.15) is 0 Å². The Morgan fingerprint density at radius 3 is 2.64 bits per heavy atom. The first-order valence-electron chi connectivity index (χ1n) is 8.85. The summed E-state index contributed by atoms with van der Waals surface area (Å²) in [6.45, 7) is 1.96. The van der Waals surface area contributed by atoms with Crippen molar-refractivity contribution in [3.63, 3.8) is 0 Å². The lowest BCUT2D eigenvalue weighted by molar-refractivity contribution is -0.139. The standard InChI is InChI=1S/C20H22ClNO3/c21-17-4-3-14-11-16(2-1-15(14)12-17)19(24)22-8-6-20(7-9-22)13-18(23)5-10-25-20/h1-4,11-12,18,23H,5-10,13H2. The zero-order valence-corrected chi connectivity index (χ0v) is 14.8. The smallest absolute Gasteiger partial charge is 0.253 e. The molecular formula is C20H22ClNO3. The highest BCUT2D eigenvalue weighted by molar-refractivity contribution is 6.31. The van der Waals surface area contributed by atoms with E-state index >= 15 is 0 Å². The fourth-order valence-corrected chi connectivity index (χ4v) is 4.18. The Hall–Kier alpha value is -1.62. The number of carbonyl (C=O) groups is 1. The van der Waals surface area contributed by atoms with Crippen LogP contribution in [-0.2, 0) is 4.74 Å². The van der Waals surface area contributed by atoms with Crippen LogP contribution in [0.2, 0.25) is 5.02 Å². The molecule has 0 aromatic heterocycles. The number of halogens is 1. The van der Waals surface area contributed by atoms with E-state index in [1.54, 1.807) is 0 Å². The second-order valence-electron chi connectivity index (χ2n) is 7.18. The van der Waals surface area contributed by atoms with Crippen molar-refractivity contribution >= 4 is 28.3 Å². The van der Waals surface area contributed by atoms with E-state index in [1.807, 2.05) is 41.3 Å². The van der Waals surface area contributed by atoms with Gasteiger partial charge in [-0.1, -0.05) is 23.7 Å². The Balaban J connectivity index is 1.48. The second-order valence-corrected chi connectivity index (χ2v) is 7.61. The molecule has 132 valence electrons. The number of aliphatic hydroxyl groups excluding tert-OH is 1. The van der Waals surface area contributed by atoms with Gasteiger partial charge in [-0.15, -0.1) is 0 Å². The van der Waals surface area contributed by atoms with Crippen LogP contribution >= 0.6 is 11.6 Å². The Kier molecular flexibility index (Phi) is 4.44. The summed E-state index contributed by atoms with van der Waals surface area (Å²) in [5, 5.41) is 12.7. The van der Waals surface area contributed by atoms with E-state index in [0.717, 1.165) is 23.6 Å². The molecule has 2 heterocycles. The van der Waals surface area contributed by atoms with Gasteiger partial charge in [0.1, 0.15) is 0 Å². The minimum absolute atomic E-state index is 0.0584. The van der Waals surface area contributed by atoms with Crippen molar-refractivity contribution in [3.8, 4) is 0 Å². The summed E-state index contributed by atoms with van der Waals surface area (Å²) in [5.74, 6) is 0.0584. The molecule has 2 aliphatic heterocycles. The van der Waals surface area contributed by atoms with Crippen LogP contribution in [0.5, 0.6) is 0 Å². The highest BCUT2D eigenvalue weighted by Gasteiger charge is 2.40. The number of rotatable bonds is 1. The maximum atomic E-state index is 12.9. The molecule has 2 aromatic rings. The first-order valence-corrected chi connectivity index (χ1v) is 9.23. The predicted molar refractivity (Wildman–Crippen MR) is 98.0 cm³/mol. The van der Waals surface area contributed by atoms with Gasteiger partial charge in [-0.05, 0) is 54.3 Å². The van der Waals surface area contributed by atoms with Crippen molar-refractivity contribution in [1.29, 1.82) is 0 Å². The van der Waals surface area contributed by atoms with Gasteiger partial charge in [-0.25, -0.2) is 0 Å². The number of hydrogen-bond donors (Lipinski definition) is 1. The Morgan fingerprint density at radius 1 is 1.16 bits per heavy atom. The van der Waals surface area contributed by atoms with Crippen LogP contribution in [0.15, 0.2) is 36.4 Å². The molecule has 25 heavy (non-hydrogen) atoms. The minimum Gasteiger partial charge on any atom is -0.393 e. The lowest BCUT2D eigenvalue weighted by Gasteiger charge is -2.45. The first-order chi connectivity index (χ1) is 12.0. The molecule has 0 radical (unpaired) electrons. The number of nitrogens with zero attached hydrogens (tertiary/aromatic N) is 1. The number of aliphatic hydroxyl groups is 1. The third kappa shape index (κ3) is 3.39. The Morgan fingerprint density at radius 2 is 1.88 bits per heavy atom. The van der Waals surface area contributed by atoms with Crippen LogP contribution in [0, 0.1) is 0 Å². The van der Waals surface area contributed by atoms with E-state index in [9.17, 15) is 9.90 Å². The second kappa shape index (κ2) is 6.60. The molecule has 1 N–H and O–H groups in total. The van der Waals surface area contributed by atoms with Crippen molar-refractivity contribution in [1.82, 2.24) is 4.90 Å². The molecule has 1 unspecified atom stereocenters. The maximum Gasteiger partial charge on any atom is 0.253 e. The first kappa shape index (κ1) is 16.8. The highest BCUT2D eigenvalue weighted by atomic mass is 35.5. The minimum atomic E-state index is -0.275. The normalized spacial score (nSPS) is 23.1. The Labute approximate surface area is 152 Å². The van der Waals surface area contributed by atoms with Crippen LogP contribution in [-0.4, -0.2) is 47.3 Å². The molecule has 2 saturated heterocycles. The van der Waals surface area contributed by atoms with Crippen LogP contribution in [0.4, 0.5) is 0 Å². The van der Waals surface area contributed by atoms with Crippen molar-refractivity contribution < 1.29 is 14.6 Å². The molecule has 2 aliphatic rings. The summed E-state index contributed by atoms with van der Waals surface area (Å²) < 4.78 is 5.97. The number of hydrogen-bond acceptors (Lipinski definition) is 3. The highest BCUT2D eigenvalue weighted by Crippen LogP contribution is 2.35. The number of amides is 1. The quantitative estimate of drug-likeness (QED) is 0.845. The zero-order chi connectivity index (χ0) is 17.4. The monoisotopic (exact) mass is 359 g/mol. The largest absolute Gasteiger partial charge is 0.393 e. The molecule has 0 saturated carbocycles. The predicted octanol–water partition coefficient (Wildman–Crippen LogP) is 3.64. The van der Waals surface area contributed by atoms with Crippen LogP contribution in [0.25, 0.3) is 10.8 Å². The summed E-state index contributed by atoms with van der Waals surface area (Å²) >= 11 is 6.02. The lowest BCUT2D eigenvalue weighted by atomic mass is 9.83. The summed E-state index contributed by atoms with van der Waals surface area (Å²) in [5.41, 5.74) is 0.463. The number of fused-ring (bicyclic) bond motifs is 1. The fourth-order valence-electron chi connectivity index (χ4n) is 4.00. The van der Waals surface area contributed by atoms with Crippen molar-refractivity contribution in [2.45, 2.75) is 37.4 Å². The van der Waals surface area contributed by atoms with E-state index in [4.69, 9.17) is 16.3 Å². The third-order valence-electron chi connectivity index (χ3n) is 5.48. The Bertz CT molecular complexity index is 799. The van der Waals surface area contributed by atoms with E-state index in [0.29, 0.717) is 43.1 Å². The van der Waals surface area contributed by atoms with E-state index in [-0.39, 0.29) is 17.6 Å². The van der Waals surface area contributed by atoms with E-state index in [2.05, 4.69) is 0 Å². The maximum absolute atomic E-state index is 12.9. The van der Waals surface area contributed by atoms with Gasteiger partial charge in [-0.3, -0.25) is 4.79 Å². The summed E-state index contributed by atoms with van der Waals surface area (Å²) in [7, 11) is 0. The van der Waals surface area contributed by atoms with Crippen molar-refractivity contribution in [2.24, 2.45) is 0 Å². The SMILES string of the molecule is O=C(c1ccc2cc(Cl)ccc2c1)N1CCC2(CC1)CC(O)CCO2. The molecule has 0 aliphatic carbocycles. The van der Waals surface area contributed by atoms with Crippen molar-refractivity contribution in [2.75, 3.05) is 19.7 Å². The number of carbonyl (C=O) groups excluding carboxylic acids is 1. The topological polar surface area (TPSA) is 49.8 Å². The number of piperidine rings is 1. The van der Waals surface area contributed by atoms with E-state index in [1.165, 1.54) is 0 Å². The molecule has 5 heteroatoms. The average molecular weight is 360 g/mol. The van der Waals surface area contributed by atoms with Gasteiger partial charge in [0.25, 0.3) is 5.91 Å². The molecule has 1 atom stereocenters. The van der Waals surface area contributed by atoms with Gasteiger partial charge >= 0.3 is 0 Å². The fraction of sp³-hybridized carbons (Fsp3) is 0.450. The van der Waals surface area contributed by atoms with Crippen LogP contribution in [0.3, 0.4) is 0 Å². The molecule has 1 amide bonds. The molecular weight excluding hydrogens is 338 g/mol. The van der Waals surface area contributed by atoms with Gasteiger partial charge in [0.05, 0.1) is 11.7 Å². The molecule has 4 nitrogen and oxygen atoms in total. The molecule has 4 rings (SSSR count). The zero-order valence-electron chi connectivity index (χ0n) is 14.1. The average Bonchev–Trinajstić information content (AvgIpc) is 2.61. The molecule has 0 bridgehead atoms. The molecule has 2 fully saturated rings. The van der Waals surface area contributed by atoms with Crippen LogP contribution in [0.1, 0.15) is 36.0 Å². The summed E-state index contributed by atoms with van der Waals surface area (Å²) in [6, 6.07) is 11.4. The number of benzene rings is 2. The van der Waals surface area contributed by atoms with Gasteiger partial charge in [0.2, 0.25) is 0 Å². The summed E-state index contributed by atoms with van der Waals surface area (Å²) in [4.78, 5) is 14.8. The molecule has 2 aromatic carbocycles. The van der Waals surface area contributed by atoms with Crippen molar-refractivity contribution in [3.05, 3.63) is 47.0 Å².